The maximum atomic E-state index is 11.3. The van der Waals surface area contributed by atoms with Crippen LogP contribution in [0.25, 0.3) is 0 Å². The van der Waals surface area contributed by atoms with Gasteiger partial charge in [0.25, 0.3) is 10.1 Å². The molecule has 5 nitrogen and oxygen atoms in total. The Labute approximate surface area is 78.1 Å². The van der Waals surface area contributed by atoms with E-state index < -0.39 is 27.3 Å². The average molecular weight is 209 g/mol. The first-order valence-corrected chi connectivity index (χ1v) is 5.40. The third kappa shape index (κ3) is 4.97. The standard InChI is InChI=1S/C7H15NO4S/c1-7(2,3)6(9)5(8)4-13(10,11)12/h5H,4,8H2,1-3H3,(H,10,11,12). The molecule has 1 atom stereocenters. The summed E-state index contributed by atoms with van der Waals surface area (Å²) in [6.07, 6.45) is 0. The lowest BCUT2D eigenvalue weighted by Crippen LogP contribution is -2.43. The molecule has 0 aliphatic heterocycles. The Morgan fingerprint density at radius 3 is 2.08 bits per heavy atom. The van der Waals surface area contributed by atoms with Gasteiger partial charge in [-0.1, -0.05) is 20.8 Å². The minimum Gasteiger partial charge on any atom is -0.321 e. The minimum atomic E-state index is -4.17. The Bertz CT molecular complexity index is 288. The van der Waals surface area contributed by atoms with Crippen molar-refractivity contribution in [3.05, 3.63) is 0 Å². The second-order valence-electron chi connectivity index (χ2n) is 3.97. The Kier molecular flexibility index (Phi) is 3.60. The van der Waals surface area contributed by atoms with Crippen LogP contribution < -0.4 is 5.73 Å². The lowest BCUT2D eigenvalue weighted by atomic mass is 9.87. The van der Waals surface area contributed by atoms with E-state index in [2.05, 4.69) is 0 Å². The molecule has 0 saturated carbocycles. The van der Waals surface area contributed by atoms with E-state index in [0.717, 1.165) is 0 Å². The largest absolute Gasteiger partial charge is 0.321 e. The predicted molar refractivity (Wildman–Crippen MR) is 48.9 cm³/mol. The number of carbonyl (C=O) groups is 1. The van der Waals surface area contributed by atoms with E-state index in [1.807, 2.05) is 0 Å². The molecular formula is C7H15NO4S. The van der Waals surface area contributed by atoms with Crippen LogP contribution in [0.2, 0.25) is 0 Å². The van der Waals surface area contributed by atoms with E-state index in [4.69, 9.17) is 10.3 Å². The summed E-state index contributed by atoms with van der Waals surface area (Å²) in [5.41, 5.74) is 4.61. The van der Waals surface area contributed by atoms with E-state index in [1.54, 1.807) is 20.8 Å². The summed E-state index contributed by atoms with van der Waals surface area (Å²) in [5, 5.41) is 0. The highest BCUT2D eigenvalue weighted by Crippen LogP contribution is 2.16. The third-order valence-electron chi connectivity index (χ3n) is 1.47. The topological polar surface area (TPSA) is 97.5 Å². The highest BCUT2D eigenvalue weighted by Gasteiger charge is 2.29. The van der Waals surface area contributed by atoms with Gasteiger partial charge in [-0.2, -0.15) is 8.42 Å². The van der Waals surface area contributed by atoms with Crippen molar-refractivity contribution in [1.82, 2.24) is 0 Å². The van der Waals surface area contributed by atoms with Crippen molar-refractivity contribution in [3.8, 4) is 0 Å². The summed E-state index contributed by atoms with van der Waals surface area (Å²) >= 11 is 0. The number of rotatable bonds is 3. The van der Waals surface area contributed by atoms with Crippen molar-refractivity contribution in [1.29, 1.82) is 0 Å². The van der Waals surface area contributed by atoms with Gasteiger partial charge in [0.1, 0.15) is 0 Å². The molecule has 0 amide bonds. The van der Waals surface area contributed by atoms with Gasteiger partial charge in [0.15, 0.2) is 5.78 Å². The van der Waals surface area contributed by atoms with Crippen molar-refractivity contribution in [2.45, 2.75) is 26.8 Å². The van der Waals surface area contributed by atoms with E-state index >= 15 is 0 Å². The molecule has 0 aliphatic carbocycles. The first-order valence-electron chi connectivity index (χ1n) is 3.79. The first kappa shape index (κ1) is 12.5. The Morgan fingerprint density at radius 1 is 1.46 bits per heavy atom. The number of nitrogens with two attached hydrogens (primary N) is 1. The van der Waals surface area contributed by atoms with Gasteiger partial charge >= 0.3 is 0 Å². The molecule has 1 unspecified atom stereocenters. The molecule has 0 radical (unpaired) electrons. The van der Waals surface area contributed by atoms with Gasteiger partial charge < -0.3 is 5.73 Å². The van der Waals surface area contributed by atoms with Gasteiger partial charge in [-0.05, 0) is 0 Å². The maximum Gasteiger partial charge on any atom is 0.266 e. The molecule has 6 heteroatoms. The Morgan fingerprint density at radius 2 is 1.85 bits per heavy atom. The molecule has 0 saturated heterocycles. The second-order valence-corrected chi connectivity index (χ2v) is 5.47. The van der Waals surface area contributed by atoms with Crippen LogP contribution >= 0.6 is 0 Å². The Balaban J connectivity index is 4.47. The number of hydrogen-bond donors (Lipinski definition) is 2. The SMILES string of the molecule is CC(C)(C)C(=O)C(N)CS(=O)(=O)O. The highest BCUT2D eigenvalue weighted by molar-refractivity contribution is 7.85. The summed E-state index contributed by atoms with van der Waals surface area (Å²) < 4.78 is 29.2. The molecule has 13 heavy (non-hydrogen) atoms. The normalized spacial score (nSPS) is 15.5. The number of Topliss-reactive ketones (excluding diaryl/α,β-unsaturated/α-hetero) is 1. The van der Waals surface area contributed by atoms with Crippen LogP contribution in [0.5, 0.6) is 0 Å². The zero-order valence-corrected chi connectivity index (χ0v) is 8.76. The molecule has 0 aliphatic rings. The van der Waals surface area contributed by atoms with Gasteiger partial charge in [0.05, 0.1) is 11.8 Å². The van der Waals surface area contributed by atoms with Crippen molar-refractivity contribution < 1.29 is 17.8 Å². The van der Waals surface area contributed by atoms with Crippen molar-refractivity contribution in [2.75, 3.05) is 5.75 Å². The third-order valence-corrected chi connectivity index (χ3v) is 2.25. The van der Waals surface area contributed by atoms with Gasteiger partial charge in [-0.15, -0.1) is 0 Å². The lowest BCUT2D eigenvalue weighted by Gasteiger charge is -2.20. The molecule has 0 aromatic rings. The summed E-state index contributed by atoms with van der Waals surface area (Å²) in [6.45, 7) is 4.91. The minimum absolute atomic E-state index is 0.384. The summed E-state index contributed by atoms with van der Waals surface area (Å²) in [7, 11) is -4.17. The average Bonchev–Trinajstić information content (AvgIpc) is 1.79. The monoisotopic (exact) mass is 209 g/mol. The van der Waals surface area contributed by atoms with Crippen LogP contribution in [0.15, 0.2) is 0 Å². The zero-order chi connectivity index (χ0) is 10.9. The number of carbonyl (C=O) groups excluding carboxylic acids is 1. The molecule has 0 heterocycles. The fraction of sp³-hybridized carbons (Fsp3) is 0.857. The van der Waals surface area contributed by atoms with Crippen molar-refractivity contribution in [3.63, 3.8) is 0 Å². The van der Waals surface area contributed by atoms with Gasteiger partial charge in [-0.3, -0.25) is 9.35 Å². The van der Waals surface area contributed by atoms with Crippen LogP contribution in [-0.4, -0.2) is 30.5 Å². The molecule has 0 fully saturated rings. The van der Waals surface area contributed by atoms with E-state index in [0.29, 0.717) is 0 Å². The van der Waals surface area contributed by atoms with Crippen molar-refractivity contribution >= 4 is 15.9 Å². The smallest absolute Gasteiger partial charge is 0.266 e. The van der Waals surface area contributed by atoms with E-state index in [-0.39, 0.29) is 5.78 Å². The highest BCUT2D eigenvalue weighted by atomic mass is 32.2. The van der Waals surface area contributed by atoms with Crippen LogP contribution in [0.1, 0.15) is 20.8 Å². The second kappa shape index (κ2) is 3.73. The van der Waals surface area contributed by atoms with Gasteiger partial charge in [0, 0.05) is 5.41 Å². The first-order chi connectivity index (χ1) is 5.54. The number of hydrogen-bond acceptors (Lipinski definition) is 4. The number of ketones is 1. The Hall–Kier alpha value is -0.460. The zero-order valence-electron chi connectivity index (χ0n) is 7.94. The van der Waals surface area contributed by atoms with Crippen molar-refractivity contribution in [2.24, 2.45) is 11.1 Å². The fourth-order valence-corrected chi connectivity index (χ4v) is 1.46. The molecule has 0 rings (SSSR count). The van der Waals surface area contributed by atoms with E-state index in [1.165, 1.54) is 0 Å². The molecule has 0 aromatic heterocycles. The predicted octanol–water partition coefficient (Wildman–Crippen LogP) is -0.183. The lowest BCUT2D eigenvalue weighted by molar-refractivity contribution is -0.127. The van der Waals surface area contributed by atoms with Gasteiger partial charge in [0.2, 0.25) is 0 Å². The molecular weight excluding hydrogens is 194 g/mol. The summed E-state index contributed by atoms with van der Waals surface area (Å²) in [6, 6.07) is -1.16. The van der Waals surface area contributed by atoms with Crippen LogP contribution in [0, 0.1) is 5.41 Å². The van der Waals surface area contributed by atoms with E-state index in [9.17, 15) is 13.2 Å². The molecule has 0 bridgehead atoms. The maximum absolute atomic E-state index is 11.3. The molecule has 78 valence electrons. The summed E-state index contributed by atoms with van der Waals surface area (Å²) in [5.74, 6) is -1.10. The van der Waals surface area contributed by atoms with Crippen LogP contribution in [-0.2, 0) is 14.9 Å². The quantitative estimate of drug-likeness (QED) is 0.628. The fourth-order valence-electron chi connectivity index (χ4n) is 0.859. The molecule has 0 spiro atoms. The molecule has 0 aromatic carbocycles. The van der Waals surface area contributed by atoms with Crippen LogP contribution in [0.4, 0.5) is 0 Å². The molecule has 3 N–H and O–H groups in total. The summed E-state index contributed by atoms with van der Waals surface area (Å²) in [4.78, 5) is 11.3. The van der Waals surface area contributed by atoms with Crippen LogP contribution in [0.3, 0.4) is 0 Å². The van der Waals surface area contributed by atoms with Gasteiger partial charge in [-0.25, -0.2) is 0 Å².